The van der Waals surface area contributed by atoms with Gasteiger partial charge in [-0.2, -0.15) is 5.10 Å². The van der Waals surface area contributed by atoms with Crippen molar-refractivity contribution in [1.29, 1.82) is 0 Å². The second-order valence-electron chi connectivity index (χ2n) is 5.15. The largest absolute Gasteiger partial charge is 0.386 e. The van der Waals surface area contributed by atoms with Gasteiger partial charge in [0, 0.05) is 12.4 Å². The fourth-order valence-corrected chi connectivity index (χ4v) is 2.73. The molecule has 0 bridgehead atoms. The highest BCUT2D eigenvalue weighted by Gasteiger charge is 2.52. The molecule has 2 fully saturated rings. The van der Waals surface area contributed by atoms with E-state index in [0.29, 0.717) is 19.0 Å². The number of aliphatic hydroxyl groups is 1. The highest BCUT2D eigenvalue weighted by Crippen LogP contribution is 2.45. The van der Waals surface area contributed by atoms with Crippen LogP contribution in [0, 0.1) is 5.92 Å². The first-order valence-electron chi connectivity index (χ1n) is 6.02. The van der Waals surface area contributed by atoms with Crippen LogP contribution in [-0.2, 0) is 0 Å². The molecule has 0 radical (unpaired) electrons. The molecule has 2 aromatic rings. The van der Waals surface area contributed by atoms with E-state index in [9.17, 15) is 5.11 Å². The van der Waals surface area contributed by atoms with E-state index < -0.39 is 5.60 Å². The summed E-state index contributed by atoms with van der Waals surface area (Å²) in [4.78, 5) is 6.53. The molecule has 17 heavy (non-hydrogen) atoms. The molecule has 1 aliphatic carbocycles. The molecule has 5 nitrogen and oxygen atoms in total. The average Bonchev–Trinajstić information content (AvgIpc) is 3.03. The van der Waals surface area contributed by atoms with E-state index >= 15 is 0 Å². The Morgan fingerprint density at radius 2 is 2.12 bits per heavy atom. The van der Waals surface area contributed by atoms with Crippen LogP contribution >= 0.6 is 0 Å². The molecule has 0 spiro atoms. The number of fused-ring (bicyclic) bond motifs is 1. The van der Waals surface area contributed by atoms with Crippen molar-refractivity contribution >= 4 is 11.3 Å². The molecule has 0 amide bonds. The van der Waals surface area contributed by atoms with Crippen molar-refractivity contribution in [3.8, 4) is 0 Å². The van der Waals surface area contributed by atoms with Gasteiger partial charge in [-0.05, 0) is 24.8 Å². The van der Waals surface area contributed by atoms with Crippen LogP contribution in [0.4, 0.5) is 5.82 Å². The summed E-state index contributed by atoms with van der Waals surface area (Å²) < 4.78 is 1.82. The standard InChI is InChI=1S/C12H14N4O/c17-12(9-1-2-9)7-15(8-12)11-10-3-4-14-16(10)6-5-13-11/h3-6,9,17H,1-2,7-8H2. The quantitative estimate of drug-likeness (QED) is 0.824. The predicted octanol–water partition coefficient (Wildman–Crippen LogP) is 0.690. The van der Waals surface area contributed by atoms with Crippen LogP contribution in [0.2, 0.25) is 0 Å². The van der Waals surface area contributed by atoms with Crippen LogP contribution in [0.5, 0.6) is 0 Å². The van der Waals surface area contributed by atoms with Gasteiger partial charge in [0.25, 0.3) is 0 Å². The number of hydrogen-bond acceptors (Lipinski definition) is 4. The Morgan fingerprint density at radius 1 is 1.29 bits per heavy atom. The molecule has 1 aliphatic heterocycles. The van der Waals surface area contributed by atoms with Crippen molar-refractivity contribution in [2.45, 2.75) is 18.4 Å². The first-order chi connectivity index (χ1) is 8.26. The van der Waals surface area contributed by atoms with E-state index in [-0.39, 0.29) is 0 Å². The van der Waals surface area contributed by atoms with E-state index in [1.165, 1.54) is 12.8 Å². The molecule has 0 atom stereocenters. The minimum Gasteiger partial charge on any atom is -0.386 e. The Hall–Kier alpha value is -1.62. The third kappa shape index (κ3) is 1.29. The number of nitrogens with zero attached hydrogens (tertiary/aromatic N) is 4. The van der Waals surface area contributed by atoms with Crippen LogP contribution < -0.4 is 4.90 Å². The lowest BCUT2D eigenvalue weighted by molar-refractivity contribution is -0.00961. The number of hydrogen-bond donors (Lipinski definition) is 1. The summed E-state index contributed by atoms with van der Waals surface area (Å²) >= 11 is 0. The molecule has 4 rings (SSSR count). The zero-order chi connectivity index (χ0) is 11.5. The molecular weight excluding hydrogens is 216 g/mol. The predicted molar refractivity (Wildman–Crippen MR) is 62.9 cm³/mol. The molecule has 0 aromatic carbocycles. The molecule has 5 heteroatoms. The molecule has 0 unspecified atom stereocenters. The Labute approximate surface area is 98.7 Å². The van der Waals surface area contributed by atoms with E-state index in [1.54, 1.807) is 12.4 Å². The lowest BCUT2D eigenvalue weighted by Crippen LogP contribution is -2.63. The summed E-state index contributed by atoms with van der Waals surface area (Å²) in [7, 11) is 0. The zero-order valence-corrected chi connectivity index (χ0v) is 9.45. The van der Waals surface area contributed by atoms with Crippen LogP contribution in [0.25, 0.3) is 5.52 Å². The zero-order valence-electron chi connectivity index (χ0n) is 9.45. The summed E-state index contributed by atoms with van der Waals surface area (Å²) in [5.74, 6) is 1.44. The summed E-state index contributed by atoms with van der Waals surface area (Å²) in [5, 5.41) is 14.5. The first kappa shape index (κ1) is 9.41. The van der Waals surface area contributed by atoms with Crippen molar-refractivity contribution < 1.29 is 5.11 Å². The number of anilines is 1. The van der Waals surface area contributed by atoms with Gasteiger partial charge in [0.1, 0.15) is 11.1 Å². The molecule has 88 valence electrons. The van der Waals surface area contributed by atoms with Crippen molar-refractivity contribution in [2.75, 3.05) is 18.0 Å². The van der Waals surface area contributed by atoms with Gasteiger partial charge >= 0.3 is 0 Å². The van der Waals surface area contributed by atoms with Crippen LogP contribution in [0.3, 0.4) is 0 Å². The first-order valence-corrected chi connectivity index (χ1v) is 6.02. The van der Waals surface area contributed by atoms with Gasteiger partial charge < -0.3 is 10.0 Å². The Morgan fingerprint density at radius 3 is 2.88 bits per heavy atom. The second-order valence-corrected chi connectivity index (χ2v) is 5.15. The van der Waals surface area contributed by atoms with Crippen LogP contribution in [-0.4, -0.2) is 38.4 Å². The normalized spacial score (nSPS) is 22.8. The highest BCUT2D eigenvalue weighted by molar-refractivity contribution is 5.69. The van der Waals surface area contributed by atoms with E-state index in [0.717, 1.165) is 11.3 Å². The number of β-amino-alcohol motifs (C(OH)–C–C–N with tert-alkyl or cyclic N) is 1. The van der Waals surface area contributed by atoms with E-state index in [2.05, 4.69) is 15.0 Å². The van der Waals surface area contributed by atoms with Crippen molar-refractivity contribution in [1.82, 2.24) is 14.6 Å². The minimum absolute atomic E-state index is 0.464. The summed E-state index contributed by atoms with van der Waals surface area (Å²) in [5.41, 5.74) is 0.541. The van der Waals surface area contributed by atoms with Gasteiger partial charge in [-0.15, -0.1) is 0 Å². The SMILES string of the molecule is OC1(C2CC2)CN(c2nccn3nccc23)C1. The van der Waals surface area contributed by atoms with Crippen molar-refractivity contribution in [3.05, 3.63) is 24.7 Å². The average molecular weight is 230 g/mol. The third-order valence-corrected chi connectivity index (χ3v) is 3.87. The minimum atomic E-state index is -0.464. The second kappa shape index (κ2) is 2.98. The Balaban J connectivity index is 1.66. The summed E-state index contributed by atoms with van der Waals surface area (Å²) in [6.45, 7) is 1.41. The van der Waals surface area contributed by atoms with Crippen molar-refractivity contribution in [2.24, 2.45) is 5.92 Å². The number of rotatable bonds is 2. The molecular formula is C12H14N4O. The summed E-state index contributed by atoms with van der Waals surface area (Å²) in [6.07, 6.45) is 7.71. The maximum absolute atomic E-state index is 10.3. The topological polar surface area (TPSA) is 53.7 Å². The van der Waals surface area contributed by atoms with Gasteiger partial charge in [0.05, 0.1) is 19.3 Å². The molecule has 2 aromatic heterocycles. The molecule has 1 saturated heterocycles. The van der Waals surface area contributed by atoms with E-state index in [4.69, 9.17) is 0 Å². The fraction of sp³-hybridized carbons (Fsp3) is 0.500. The smallest absolute Gasteiger partial charge is 0.154 e. The molecule has 1 N–H and O–H groups in total. The maximum Gasteiger partial charge on any atom is 0.154 e. The van der Waals surface area contributed by atoms with E-state index in [1.807, 2.05) is 16.8 Å². The van der Waals surface area contributed by atoms with Crippen LogP contribution in [0.1, 0.15) is 12.8 Å². The maximum atomic E-state index is 10.3. The lowest BCUT2D eigenvalue weighted by atomic mass is 9.89. The van der Waals surface area contributed by atoms with Gasteiger partial charge in [-0.25, -0.2) is 9.50 Å². The molecule has 1 saturated carbocycles. The third-order valence-electron chi connectivity index (χ3n) is 3.87. The Bertz CT molecular complexity index is 569. The Kier molecular flexibility index (Phi) is 1.65. The fourth-order valence-electron chi connectivity index (χ4n) is 2.73. The number of aromatic nitrogens is 3. The van der Waals surface area contributed by atoms with Gasteiger partial charge in [-0.1, -0.05) is 0 Å². The highest BCUT2D eigenvalue weighted by atomic mass is 16.3. The molecule has 3 heterocycles. The lowest BCUT2D eigenvalue weighted by Gasteiger charge is -2.47. The van der Waals surface area contributed by atoms with Gasteiger partial charge in [0.15, 0.2) is 5.82 Å². The van der Waals surface area contributed by atoms with Crippen LogP contribution in [0.15, 0.2) is 24.7 Å². The monoisotopic (exact) mass is 230 g/mol. The van der Waals surface area contributed by atoms with Gasteiger partial charge in [-0.3, -0.25) is 0 Å². The van der Waals surface area contributed by atoms with Crippen molar-refractivity contribution in [3.63, 3.8) is 0 Å². The summed E-state index contributed by atoms with van der Waals surface area (Å²) in [6, 6.07) is 1.96. The molecule has 2 aliphatic rings. The van der Waals surface area contributed by atoms with Gasteiger partial charge in [0.2, 0.25) is 0 Å².